The third-order valence-electron chi connectivity index (χ3n) is 7.83. The molecule has 2 aromatic carbocycles. The molecule has 1 saturated carbocycles. The number of likely N-dealkylation sites (tertiary alicyclic amines) is 2. The summed E-state index contributed by atoms with van der Waals surface area (Å²) in [6.07, 6.45) is -2.00. The zero-order chi connectivity index (χ0) is 25.9. The highest BCUT2D eigenvalue weighted by Crippen LogP contribution is 2.54. The molecule has 1 aromatic heterocycles. The lowest BCUT2D eigenvalue weighted by atomic mass is 9.61. The molecular weight excluding hydrogens is 485 g/mol. The van der Waals surface area contributed by atoms with Crippen LogP contribution in [0.1, 0.15) is 46.5 Å². The predicted octanol–water partition coefficient (Wildman–Crippen LogP) is 3.92. The van der Waals surface area contributed by atoms with Crippen LogP contribution in [0.15, 0.2) is 54.9 Å². The summed E-state index contributed by atoms with van der Waals surface area (Å²) in [5.41, 5.74) is 8.80. The average molecular weight is 511 g/mol. The molecule has 3 aromatic rings. The number of rotatable bonds is 4. The summed E-state index contributed by atoms with van der Waals surface area (Å²) >= 11 is 0. The van der Waals surface area contributed by atoms with Gasteiger partial charge in [0.15, 0.2) is 0 Å². The maximum absolute atomic E-state index is 12.9. The van der Waals surface area contributed by atoms with Gasteiger partial charge in [-0.1, -0.05) is 42.5 Å². The molecule has 0 unspecified atom stereocenters. The van der Waals surface area contributed by atoms with Crippen LogP contribution in [0.3, 0.4) is 0 Å². The second-order valence-corrected chi connectivity index (χ2v) is 10.4. The fraction of sp³-hybridized carbons (Fsp3) is 0.385. The standard InChI is InChI=1S/C26H25F3N6O2/c27-26(28,29)23-31-15-35(32-23)19-9-25(10-19)13-34(14-25)24(37)33-11-18(12-33)16-5-7-17(8-6-16)20-3-1-2-4-21(20)22(30)36/h1-8,15,18-19H,9-14H2,(H2,30,36). The quantitative estimate of drug-likeness (QED) is 0.575. The minimum atomic E-state index is -4.54. The second kappa shape index (κ2) is 8.32. The Kier molecular flexibility index (Phi) is 5.29. The van der Waals surface area contributed by atoms with Crippen LogP contribution in [-0.2, 0) is 6.18 Å². The average Bonchev–Trinajstić information content (AvgIpc) is 3.27. The first-order chi connectivity index (χ1) is 17.6. The molecule has 3 amide bonds. The van der Waals surface area contributed by atoms with Crippen LogP contribution in [0.5, 0.6) is 0 Å². The third kappa shape index (κ3) is 4.11. The minimum absolute atomic E-state index is 0.0115. The van der Waals surface area contributed by atoms with Crippen LogP contribution < -0.4 is 5.73 Å². The molecule has 0 atom stereocenters. The molecule has 3 fully saturated rings. The van der Waals surface area contributed by atoms with Crippen molar-refractivity contribution >= 4 is 11.9 Å². The van der Waals surface area contributed by atoms with E-state index in [4.69, 9.17) is 5.73 Å². The number of hydrogen-bond acceptors (Lipinski definition) is 4. The van der Waals surface area contributed by atoms with Gasteiger partial charge in [-0.05, 0) is 35.6 Å². The molecule has 0 bridgehead atoms. The number of aromatic nitrogens is 3. The van der Waals surface area contributed by atoms with Crippen LogP contribution in [0, 0.1) is 5.41 Å². The minimum Gasteiger partial charge on any atom is -0.366 e. The van der Waals surface area contributed by atoms with Gasteiger partial charge in [-0.3, -0.25) is 4.79 Å². The van der Waals surface area contributed by atoms with Gasteiger partial charge in [0.25, 0.3) is 5.82 Å². The Hall–Kier alpha value is -3.89. The highest BCUT2D eigenvalue weighted by molar-refractivity contribution is 5.99. The Labute approximate surface area is 210 Å². The Morgan fingerprint density at radius 1 is 0.973 bits per heavy atom. The van der Waals surface area contributed by atoms with Gasteiger partial charge >= 0.3 is 12.2 Å². The van der Waals surface area contributed by atoms with Crippen molar-refractivity contribution < 1.29 is 22.8 Å². The Morgan fingerprint density at radius 3 is 2.27 bits per heavy atom. The molecule has 8 nitrogen and oxygen atoms in total. The monoisotopic (exact) mass is 510 g/mol. The van der Waals surface area contributed by atoms with E-state index >= 15 is 0 Å². The number of nitrogens with two attached hydrogens (primary N) is 1. The third-order valence-corrected chi connectivity index (χ3v) is 7.83. The number of hydrogen-bond donors (Lipinski definition) is 1. The zero-order valence-electron chi connectivity index (χ0n) is 19.9. The molecule has 1 aliphatic carbocycles. The maximum atomic E-state index is 12.9. The molecule has 2 saturated heterocycles. The number of halogens is 3. The number of nitrogens with zero attached hydrogens (tertiary/aromatic N) is 5. The van der Waals surface area contributed by atoms with E-state index in [-0.39, 0.29) is 23.4 Å². The van der Waals surface area contributed by atoms with E-state index in [9.17, 15) is 22.8 Å². The van der Waals surface area contributed by atoms with Gasteiger partial charge in [-0.25, -0.2) is 14.5 Å². The molecule has 11 heteroatoms. The van der Waals surface area contributed by atoms with E-state index in [1.165, 1.54) is 4.68 Å². The zero-order valence-corrected chi connectivity index (χ0v) is 19.9. The van der Waals surface area contributed by atoms with E-state index in [0.29, 0.717) is 44.6 Å². The van der Waals surface area contributed by atoms with Crippen molar-refractivity contribution in [2.75, 3.05) is 26.2 Å². The molecule has 0 radical (unpaired) electrons. The summed E-state index contributed by atoms with van der Waals surface area (Å²) in [4.78, 5) is 31.6. The Balaban J connectivity index is 0.993. The van der Waals surface area contributed by atoms with Crippen molar-refractivity contribution in [3.8, 4) is 11.1 Å². The van der Waals surface area contributed by atoms with E-state index in [0.717, 1.165) is 23.0 Å². The van der Waals surface area contributed by atoms with Gasteiger partial charge in [-0.15, -0.1) is 5.10 Å². The topological polar surface area (TPSA) is 97.3 Å². The number of carbonyl (C=O) groups excluding carboxylic acids is 2. The van der Waals surface area contributed by atoms with Crippen LogP contribution >= 0.6 is 0 Å². The van der Waals surface area contributed by atoms with Gasteiger partial charge in [0.05, 0.1) is 6.04 Å². The van der Waals surface area contributed by atoms with Crippen molar-refractivity contribution in [3.05, 3.63) is 71.8 Å². The number of alkyl halides is 3. The predicted molar refractivity (Wildman–Crippen MR) is 127 cm³/mol. The second-order valence-electron chi connectivity index (χ2n) is 10.4. The van der Waals surface area contributed by atoms with Gasteiger partial charge in [0.1, 0.15) is 6.33 Å². The van der Waals surface area contributed by atoms with Crippen LogP contribution in [0.25, 0.3) is 11.1 Å². The maximum Gasteiger partial charge on any atom is 0.453 e. The van der Waals surface area contributed by atoms with Crippen molar-refractivity contribution in [1.29, 1.82) is 0 Å². The first-order valence-electron chi connectivity index (χ1n) is 12.1. The normalized spacial score (nSPS) is 19.3. The van der Waals surface area contributed by atoms with Gasteiger partial charge in [0, 0.05) is 43.1 Å². The summed E-state index contributed by atoms with van der Waals surface area (Å²) in [5.74, 6) is -1.33. The van der Waals surface area contributed by atoms with Gasteiger partial charge < -0.3 is 15.5 Å². The van der Waals surface area contributed by atoms with E-state index in [1.54, 1.807) is 12.1 Å². The van der Waals surface area contributed by atoms with Crippen LogP contribution in [0.4, 0.5) is 18.0 Å². The lowest BCUT2D eigenvalue weighted by molar-refractivity contribution is -0.145. The summed E-state index contributed by atoms with van der Waals surface area (Å²) < 4.78 is 39.5. The fourth-order valence-corrected chi connectivity index (χ4v) is 5.79. The molecule has 3 heterocycles. The van der Waals surface area contributed by atoms with Crippen molar-refractivity contribution in [3.63, 3.8) is 0 Å². The van der Waals surface area contributed by atoms with Crippen LogP contribution in [0.2, 0.25) is 0 Å². The molecule has 37 heavy (non-hydrogen) atoms. The first kappa shape index (κ1) is 23.5. The largest absolute Gasteiger partial charge is 0.453 e. The van der Waals surface area contributed by atoms with E-state index in [1.807, 2.05) is 46.2 Å². The fourth-order valence-electron chi connectivity index (χ4n) is 5.79. The Bertz CT molecular complexity index is 1350. The van der Waals surface area contributed by atoms with Gasteiger partial charge in [-0.2, -0.15) is 13.2 Å². The molecule has 192 valence electrons. The van der Waals surface area contributed by atoms with Crippen molar-refractivity contribution in [1.82, 2.24) is 24.6 Å². The number of benzene rings is 2. The lowest BCUT2D eigenvalue weighted by Crippen LogP contribution is -2.67. The highest BCUT2D eigenvalue weighted by Gasteiger charge is 2.56. The van der Waals surface area contributed by atoms with E-state index < -0.39 is 17.9 Å². The Morgan fingerprint density at radius 2 is 1.65 bits per heavy atom. The first-order valence-corrected chi connectivity index (χ1v) is 12.1. The van der Waals surface area contributed by atoms with Gasteiger partial charge in [0.2, 0.25) is 5.91 Å². The summed E-state index contributed by atoms with van der Waals surface area (Å²) in [7, 11) is 0. The molecular formula is C26H25F3N6O2. The number of urea groups is 1. The summed E-state index contributed by atoms with van der Waals surface area (Å²) in [6, 6.07) is 15.1. The molecule has 6 rings (SSSR count). The van der Waals surface area contributed by atoms with E-state index in [2.05, 4.69) is 10.1 Å². The van der Waals surface area contributed by atoms with Crippen molar-refractivity contribution in [2.24, 2.45) is 11.1 Å². The number of primary amides is 1. The summed E-state index contributed by atoms with van der Waals surface area (Å²) in [5, 5.41) is 3.58. The number of amides is 3. The highest BCUT2D eigenvalue weighted by atomic mass is 19.4. The smallest absolute Gasteiger partial charge is 0.366 e. The molecule has 1 spiro atoms. The molecule has 2 aliphatic heterocycles. The molecule has 3 aliphatic rings. The molecule has 2 N–H and O–H groups in total. The van der Waals surface area contributed by atoms with Crippen molar-refractivity contribution in [2.45, 2.75) is 31.0 Å². The SMILES string of the molecule is NC(=O)c1ccccc1-c1ccc(C2CN(C(=O)N3CC4(CC(n5cnc(C(F)(F)F)n5)C4)C3)C2)cc1. The lowest BCUT2D eigenvalue weighted by Gasteiger charge is -2.60. The summed E-state index contributed by atoms with van der Waals surface area (Å²) in [6.45, 7) is 2.53. The number of carbonyl (C=O) groups is 2. The van der Waals surface area contributed by atoms with Crippen LogP contribution in [-0.4, -0.2) is 62.7 Å².